The third-order valence-electron chi connectivity index (χ3n) is 4.85. The summed E-state index contributed by atoms with van der Waals surface area (Å²) in [4.78, 5) is 7.03. The zero-order chi connectivity index (χ0) is 14.9. The zero-order valence-corrected chi connectivity index (χ0v) is 13.1. The Morgan fingerprint density at radius 2 is 2.05 bits per heavy atom. The summed E-state index contributed by atoms with van der Waals surface area (Å²) in [5.41, 5.74) is 1.56. The summed E-state index contributed by atoms with van der Waals surface area (Å²) in [6, 6.07) is 6.20. The number of pyridine rings is 1. The summed E-state index contributed by atoms with van der Waals surface area (Å²) in [6.45, 7) is 7.62. The second-order valence-electron chi connectivity index (χ2n) is 7.00. The van der Waals surface area contributed by atoms with Crippen LogP contribution in [0.25, 0.3) is 0 Å². The Bertz CT molecular complexity index is 493. The first-order valence-corrected chi connectivity index (χ1v) is 7.98. The molecule has 3 heterocycles. The van der Waals surface area contributed by atoms with Gasteiger partial charge in [0.1, 0.15) is 0 Å². The van der Waals surface area contributed by atoms with Gasteiger partial charge in [-0.3, -0.25) is 9.88 Å². The van der Waals surface area contributed by atoms with Crippen LogP contribution in [0.1, 0.15) is 44.0 Å². The van der Waals surface area contributed by atoms with Gasteiger partial charge in [-0.05, 0) is 45.2 Å². The van der Waals surface area contributed by atoms with Gasteiger partial charge in [-0.1, -0.05) is 6.07 Å². The monoisotopic (exact) mass is 290 g/mol. The van der Waals surface area contributed by atoms with Gasteiger partial charge in [0, 0.05) is 31.7 Å². The van der Waals surface area contributed by atoms with E-state index in [4.69, 9.17) is 4.74 Å². The number of likely N-dealkylation sites (tertiary alicyclic amines) is 1. The second-order valence-corrected chi connectivity index (χ2v) is 7.00. The lowest BCUT2D eigenvalue weighted by molar-refractivity contribution is -0.173. The van der Waals surface area contributed by atoms with Crippen LogP contribution >= 0.6 is 0 Å². The molecule has 116 valence electrons. The quantitative estimate of drug-likeness (QED) is 0.907. The first kappa shape index (κ1) is 14.9. The molecule has 1 aromatic heterocycles. The molecule has 0 aliphatic carbocycles. The van der Waals surface area contributed by atoms with Crippen LogP contribution in [0.15, 0.2) is 18.2 Å². The van der Waals surface area contributed by atoms with Crippen molar-refractivity contribution >= 4 is 0 Å². The van der Waals surface area contributed by atoms with Crippen molar-refractivity contribution in [2.24, 2.45) is 0 Å². The highest BCUT2D eigenvalue weighted by molar-refractivity contribution is 5.10. The fourth-order valence-electron chi connectivity index (χ4n) is 3.68. The standard InChI is InChI=1S/C17H26N2O2/c1-14-4-3-5-15(18-14)12-19-9-6-17(7-10-19)13-16(2,20)8-11-21-17/h3-5,20H,6-13H2,1-2H3. The second kappa shape index (κ2) is 5.67. The molecule has 4 heteroatoms. The number of aryl methyl sites for hydroxylation is 1. The third-order valence-corrected chi connectivity index (χ3v) is 4.85. The Kier molecular flexibility index (Phi) is 4.04. The molecule has 1 atom stereocenters. The number of aliphatic hydroxyl groups is 1. The zero-order valence-electron chi connectivity index (χ0n) is 13.1. The minimum absolute atomic E-state index is 0.0989. The van der Waals surface area contributed by atoms with Gasteiger partial charge in [-0.2, -0.15) is 0 Å². The Balaban J connectivity index is 1.58. The van der Waals surface area contributed by atoms with E-state index in [-0.39, 0.29) is 5.60 Å². The van der Waals surface area contributed by atoms with E-state index in [2.05, 4.69) is 22.0 Å². The van der Waals surface area contributed by atoms with E-state index in [1.54, 1.807) is 0 Å². The normalized spacial score (nSPS) is 29.7. The Morgan fingerprint density at radius 1 is 1.29 bits per heavy atom. The molecule has 1 spiro atoms. The largest absolute Gasteiger partial charge is 0.390 e. The molecular weight excluding hydrogens is 264 g/mol. The lowest BCUT2D eigenvalue weighted by atomic mass is 9.78. The van der Waals surface area contributed by atoms with E-state index in [1.807, 2.05) is 19.9 Å². The molecule has 2 aliphatic heterocycles. The van der Waals surface area contributed by atoms with Crippen LogP contribution in [0, 0.1) is 6.92 Å². The molecule has 1 aromatic rings. The van der Waals surface area contributed by atoms with Gasteiger partial charge in [0.2, 0.25) is 0 Å². The molecule has 21 heavy (non-hydrogen) atoms. The number of hydrogen-bond donors (Lipinski definition) is 1. The highest BCUT2D eigenvalue weighted by Gasteiger charge is 2.44. The summed E-state index contributed by atoms with van der Waals surface area (Å²) >= 11 is 0. The fourth-order valence-corrected chi connectivity index (χ4v) is 3.68. The van der Waals surface area contributed by atoms with E-state index in [9.17, 15) is 5.11 Å². The van der Waals surface area contributed by atoms with Crippen LogP contribution in [-0.4, -0.2) is 45.9 Å². The average molecular weight is 290 g/mol. The fraction of sp³-hybridized carbons (Fsp3) is 0.706. The number of ether oxygens (including phenoxy) is 1. The van der Waals surface area contributed by atoms with Gasteiger partial charge in [-0.25, -0.2) is 0 Å². The van der Waals surface area contributed by atoms with Gasteiger partial charge in [0.05, 0.1) is 23.5 Å². The molecule has 0 saturated carbocycles. The van der Waals surface area contributed by atoms with Crippen LogP contribution in [0.2, 0.25) is 0 Å². The highest BCUT2D eigenvalue weighted by atomic mass is 16.5. The van der Waals surface area contributed by atoms with Crippen molar-refractivity contribution in [3.63, 3.8) is 0 Å². The maximum Gasteiger partial charge on any atom is 0.0734 e. The van der Waals surface area contributed by atoms with Gasteiger partial charge in [0.25, 0.3) is 0 Å². The molecule has 4 nitrogen and oxygen atoms in total. The minimum atomic E-state index is -0.557. The number of hydrogen-bond acceptors (Lipinski definition) is 4. The predicted molar refractivity (Wildman–Crippen MR) is 82.0 cm³/mol. The Hall–Kier alpha value is -0.970. The van der Waals surface area contributed by atoms with Gasteiger partial charge in [0.15, 0.2) is 0 Å². The maximum atomic E-state index is 10.3. The maximum absolute atomic E-state index is 10.3. The molecule has 1 unspecified atom stereocenters. The summed E-state index contributed by atoms with van der Waals surface area (Å²) < 4.78 is 6.06. The number of rotatable bonds is 2. The first-order chi connectivity index (χ1) is 9.96. The third kappa shape index (κ3) is 3.62. The predicted octanol–water partition coefficient (Wildman–Crippen LogP) is 2.29. The van der Waals surface area contributed by atoms with Crippen molar-refractivity contribution in [3.8, 4) is 0 Å². The van der Waals surface area contributed by atoms with E-state index in [0.29, 0.717) is 6.61 Å². The number of nitrogens with zero attached hydrogens (tertiary/aromatic N) is 2. The van der Waals surface area contributed by atoms with Gasteiger partial charge in [-0.15, -0.1) is 0 Å². The SMILES string of the molecule is Cc1cccc(CN2CCC3(CC2)CC(C)(O)CCO3)n1. The molecule has 0 amide bonds. The van der Waals surface area contributed by atoms with Gasteiger partial charge >= 0.3 is 0 Å². The molecule has 0 radical (unpaired) electrons. The molecule has 3 rings (SSSR count). The van der Waals surface area contributed by atoms with Crippen LogP contribution in [0.5, 0.6) is 0 Å². The van der Waals surface area contributed by atoms with Crippen molar-refractivity contribution in [2.45, 2.75) is 57.3 Å². The summed E-state index contributed by atoms with van der Waals surface area (Å²) in [5.74, 6) is 0. The molecular formula is C17H26N2O2. The van der Waals surface area contributed by atoms with Crippen molar-refractivity contribution in [1.29, 1.82) is 0 Å². The van der Waals surface area contributed by atoms with E-state index in [0.717, 1.165) is 56.7 Å². The average Bonchev–Trinajstić information content (AvgIpc) is 2.41. The molecule has 0 bridgehead atoms. The van der Waals surface area contributed by atoms with Crippen molar-refractivity contribution in [1.82, 2.24) is 9.88 Å². The Morgan fingerprint density at radius 3 is 2.71 bits per heavy atom. The molecule has 2 saturated heterocycles. The van der Waals surface area contributed by atoms with E-state index < -0.39 is 5.60 Å². The number of aromatic nitrogens is 1. The molecule has 2 fully saturated rings. The lowest BCUT2D eigenvalue weighted by Crippen LogP contribution is -2.53. The topological polar surface area (TPSA) is 45.6 Å². The highest BCUT2D eigenvalue weighted by Crippen LogP contribution is 2.39. The van der Waals surface area contributed by atoms with Crippen LogP contribution < -0.4 is 0 Å². The summed E-state index contributed by atoms with van der Waals surface area (Å²) in [7, 11) is 0. The number of piperidine rings is 1. The van der Waals surface area contributed by atoms with Crippen molar-refractivity contribution < 1.29 is 9.84 Å². The lowest BCUT2D eigenvalue weighted by Gasteiger charge is -2.48. The minimum Gasteiger partial charge on any atom is -0.390 e. The van der Waals surface area contributed by atoms with Crippen LogP contribution in [0.4, 0.5) is 0 Å². The summed E-state index contributed by atoms with van der Waals surface area (Å²) in [6.07, 6.45) is 3.55. The van der Waals surface area contributed by atoms with Crippen molar-refractivity contribution in [3.05, 3.63) is 29.6 Å². The Labute approximate surface area is 127 Å². The molecule has 1 N–H and O–H groups in total. The van der Waals surface area contributed by atoms with E-state index >= 15 is 0 Å². The van der Waals surface area contributed by atoms with Gasteiger partial charge < -0.3 is 9.84 Å². The van der Waals surface area contributed by atoms with Crippen molar-refractivity contribution in [2.75, 3.05) is 19.7 Å². The summed E-state index contributed by atoms with van der Waals surface area (Å²) in [5, 5.41) is 10.3. The van der Waals surface area contributed by atoms with Crippen LogP contribution in [-0.2, 0) is 11.3 Å². The van der Waals surface area contributed by atoms with Crippen LogP contribution in [0.3, 0.4) is 0 Å². The molecule has 2 aliphatic rings. The first-order valence-electron chi connectivity index (χ1n) is 7.98. The molecule has 0 aromatic carbocycles. The van der Waals surface area contributed by atoms with E-state index in [1.165, 1.54) is 0 Å². The smallest absolute Gasteiger partial charge is 0.0734 e.